The van der Waals surface area contributed by atoms with E-state index in [1.807, 2.05) is 13.8 Å². The molecule has 0 amide bonds. The molecule has 1 aromatic heterocycles. The highest BCUT2D eigenvalue weighted by Crippen LogP contribution is 2.21. The lowest BCUT2D eigenvalue weighted by Crippen LogP contribution is -2.46. The quantitative estimate of drug-likeness (QED) is 0.788. The second kappa shape index (κ2) is 7.41. The van der Waals surface area contributed by atoms with Crippen molar-refractivity contribution in [2.75, 3.05) is 19.6 Å². The molecule has 130 valence electrons. The summed E-state index contributed by atoms with van der Waals surface area (Å²) < 4.78 is 30.2. The molecular formula is C14H24N4O4S. The maximum atomic E-state index is 12.9. The molecule has 2 heterocycles. The van der Waals surface area contributed by atoms with Crippen molar-refractivity contribution in [3.8, 4) is 0 Å². The van der Waals surface area contributed by atoms with Crippen molar-refractivity contribution in [3.05, 3.63) is 18.0 Å². The van der Waals surface area contributed by atoms with Crippen LogP contribution in [0.2, 0.25) is 0 Å². The molecule has 1 aliphatic heterocycles. The molecule has 0 aromatic carbocycles. The normalized spacial score (nSPS) is 19.5. The molecular weight excluding hydrogens is 320 g/mol. The largest absolute Gasteiger partial charge is 0.481 e. The van der Waals surface area contributed by atoms with Crippen LogP contribution in [0.25, 0.3) is 0 Å². The second-order valence-electron chi connectivity index (χ2n) is 5.74. The van der Waals surface area contributed by atoms with Crippen LogP contribution in [-0.4, -0.2) is 57.5 Å². The van der Waals surface area contributed by atoms with Crippen molar-refractivity contribution in [3.63, 3.8) is 0 Å². The maximum Gasteiger partial charge on any atom is 0.309 e. The SMILES string of the molecule is CCCN(CCC)S(=O)(=O)N1Cc2ccnn2CC(C(=O)O)C1. The number of carbonyl (C=O) groups is 1. The fourth-order valence-electron chi connectivity index (χ4n) is 2.75. The highest BCUT2D eigenvalue weighted by atomic mass is 32.2. The monoisotopic (exact) mass is 344 g/mol. The van der Waals surface area contributed by atoms with Crippen LogP contribution >= 0.6 is 0 Å². The number of hydrogen-bond acceptors (Lipinski definition) is 4. The molecule has 0 aliphatic carbocycles. The summed E-state index contributed by atoms with van der Waals surface area (Å²) in [6, 6.07) is 1.73. The number of rotatable bonds is 7. The zero-order chi connectivity index (χ0) is 17.0. The first-order valence-corrected chi connectivity index (χ1v) is 9.28. The van der Waals surface area contributed by atoms with Crippen LogP contribution in [0, 0.1) is 5.92 Å². The van der Waals surface area contributed by atoms with Gasteiger partial charge in [0.25, 0.3) is 10.2 Å². The minimum absolute atomic E-state index is 0.0368. The van der Waals surface area contributed by atoms with Gasteiger partial charge in [-0.25, -0.2) is 0 Å². The molecule has 9 heteroatoms. The minimum atomic E-state index is -3.70. The Hall–Kier alpha value is -1.45. The predicted molar refractivity (Wildman–Crippen MR) is 84.8 cm³/mol. The summed E-state index contributed by atoms with van der Waals surface area (Å²) in [7, 11) is -3.70. The molecule has 0 spiro atoms. The van der Waals surface area contributed by atoms with Gasteiger partial charge in [-0.1, -0.05) is 13.8 Å². The van der Waals surface area contributed by atoms with Crippen LogP contribution in [0.4, 0.5) is 0 Å². The summed E-state index contributed by atoms with van der Waals surface area (Å²) in [6.07, 6.45) is 3.00. The number of fused-ring (bicyclic) bond motifs is 1. The molecule has 8 nitrogen and oxygen atoms in total. The van der Waals surface area contributed by atoms with Crippen LogP contribution < -0.4 is 0 Å². The van der Waals surface area contributed by atoms with Crippen molar-refractivity contribution >= 4 is 16.2 Å². The van der Waals surface area contributed by atoms with E-state index in [1.54, 1.807) is 16.9 Å². The van der Waals surface area contributed by atoms with E-state index in [4.69, 9.17) is 0 Å². The summed E-state index contributed by atoms with van der Waals surface area (Å²) in [5.41, 5.74) is 0.713. The van der Waals surface area contributed by atoms with Gasteiger partial charge in [-0.15, -0.1) is 0 Å². The van der Waals surface area contributed by atoms with Crippen LogP contribution in [0.5, 0.6) is 0 Å². The Morgan fingerprint density at radius 1 is 1.35 bits per heavy atom. The molecule has 1 unspecified atom stereocenters. The van der Waals surface area contributed by atoms with Crippen molar-refractivity contribution in [2.45, 2.75) is 39.8 Å². The van der Waals surface area contributed by atoms with Gasteiger partial charge < -0.3 is 5.11 Å². The van der Waals surface area contributed by atoms with Gasteiger partial charge in [0.15, 0.2) is 0 Å². The minimum Gasteiger partial charge on any atom is -0.481 e. The Bertz CT molecular complexity index is 637. The first-order chi connectivity index (χ1) is 10.9. The molecule has 1 aliphatic rings. The van der Waals surface area contributed by atoms with Gasteiger partial charge in [-0.3, -0.25) is 9.48 Å². The number of hydrogen-bond donors (Lipinski definition) is 1. The standard InChI is InChI=1S/C14H24N4O4S/c1-3-7-16(8-4-2)23(21,22)17-9-12(14(19)20)10-18-13(11-17)5-6-15-18/h5-6,12H,3-4,7-11H2,1-2H3,(H,19,20). The zero-order valence-electron chi connectivity index (χ0n) is 13.6. The summed E-state index contributed by atoms with van der Waals surface area (Å²) >= 11 is 0. The number of carboxylic acid groups (broad SMARTS) is 1. The maximum absolute atomic E-state index is 12.9. The third-order valence-electron chi connectivity index (χ3n) is 3.91. The average Bonchev–Trinajstić information content (AvgIpc) is 2.83. The fourth-order valence-corrected chi connectivity index (χ4v) is 4.57. The molecule has 0 saturated carbocycles. The van der Waals surface area contributed by atoms with Crippen molar-refractivity contribution < 1.29 is 18.3 Å². The van der Waals surface area contributed by atoms with E-state index in [9.17, 15) is 18.3 Å². The molecule has 1 aromatic rings. The van der Waals surface area contributed by atoms with Gasteiger partial charge >= 0.3 is 5.97 Å². The number of carboxylic acids is 1. The summed E-state index contributed by atoms with van der Waals surface area (Å²) in [6.45, 7) is 5.02. The van der Waals surface area contributed by atoms with E-state index in [1.165, 1.54) is 8.61 Å². The van der Waals surface area contributed by atoms with E-state index in [0.717, 1.165) is 0 Å². The first kappa shape index (κ1) is 17.9. The Labute approximate surface area is 136 Å². The topological polar surface area (TPSA) is 95.7 Å². The first-order valence-electron chi connectivity index (χ1n) is 7.88. The van der Waals surface area contributed by atoms with E-state index in [-0.39, 0.29) is 19.6 Å². The Kier molecular flexibility index (Phi) is 5.77. The number of aromatic nitrogens is 2. The third-order valence-corrected chi connectivity index (χ3v) is 5.86. The van der Waals surface area contributed by atoms with Crippen LogP contribution in [-0.2, 0) is 28.1 Å². The van der Waals surface area contributed by atoms with E-state index >= 15 is 0 Å². The zero-order valence-corrected chi connectivity index (χ0v) is 14.4. The lowest BCUT2D eigenvalue weighted by molar-refractivity contribution is -0.142. The highest BCUT2D eigenvalue weighted by molar-refractivity contribution is 7.86. The molecule has 0 bridgehead atoms. The molecule has 1 atom stereocenters. The lowest BCUT2D eigenvalue weighted by Gasteiger charge is -2.29. The van der Waals surface area contributed by atoms with Crippen LogP contribution in [0.1, 0.15) is 32.4 Å². The lowest BCUT2D eigenvalue weighted by atomic mass is 10.1. The third kappa shape index (κ3) is 3.91. The van der Waals surface area contributed by atoms with Crippen molar-refractivity contribution in [1.29, 1.82) is 0 Å². The van der Waals surface area contributed by atoms with Gasteiger partial charge in [0.05, 0.1) is 24.7 Å². The van der Waals surface area contributed by atoms with Gasteiger partial charge in [0, 0.05) is 25.8 Å². The van der Waals surface area contributed by atoms with Crippen LogP contribution in [0.15, 0.2) is 12.3 Å². The molecule has 2 rings (SSSR count). The van der Waals surface area contributed by atoms with Gasteiger partial charge in [-0.05, 0) is 18.9 Å². The van der Waals surface area contributed by atoms with E-state index in [2.05, 4.69) is 5.10 Å². The van der Waals surface area contributed by atoms with Crippen molar-refractivity contribution in [2.24, 2.45) is 5.92 Å². The summed E-state index contributed by atoms with van der Waals surface area (Å²) in [4.78, 5) is 11.5. The predicted octanol–water partition coefficient (Wildman–Crippen LogP) is 0.766. The smallest absolute Gasteiger partial charge is 0.309 e. The van der Waals surface area contributed by atoms with E-state index in [0.29, 0.717) is 31.6 Å². The van der Waals surface area contributed by atoms with Crippen LogP contribution in [0.3, 0.4) is 0 Å². The Morgan fingerprint density at radius 2 is 2.00 bits per heavy atom. The highest BCUT2D eigenvalue weighted by Gasteiger charge is 2.36. The Morgan fingerprint density at radius 3 is 2.57 bits per heavy atom. The molecule has 0 radical (unpaired) electrons. The summed E-state index contributed by atoms with van der Waals surface area (Å²) in [5, 5.41) is 13.5. The number of aliphatic carboxylic acids is 1. The second-order valence-corrected chi connectivity index (χ2v) is 7.67. The Balaban J connectivity index is 2.33. The van der Waals surface area contributed by atoms with E-state index < -0.39 is 22.1 Å². The molecule has 0 saturated heterocycles. The molecule has 23 heavy (non-hydrogen) atoms. The fraction of sp³-hybridized carbons (Fsp3) is 0.714. The van der Waals surface area contributed by atoms with Gasteiger partial charge in [0.2, 0.25) is 0 Å². The molecule has 0 fully saturated rings. The molecule has 1 N–H and O–H groups in total. The van der Waals surface area contributed by atoms with Gasteiger partial charge in [-0.2, -0.15) is 22.1 Å². The van der Waals surface area contributed by atoms with Gasteiger partial charge in [0.1, 0.15) is 0 Å². The average molecular weight is 344 g/mol. The van der Waals surface area contributed by atoms with Crippen molar-refractivity contribution in [1.82, 2.24) is 18.4 Å². The summed E-state index contributed by atoms with van der Waals surface area (Å²) in [5.74, 6) is -1.82. The number of nitrogens with zero attached hydrogens (tertiary/aromatic N) is 4.